The summed E-state index contributed by atoms with van der Waals surface area (Å²) in [6.45, 7) is 1.87. The molecule has 0 saturated carbocycles. The van der Waals surface area contributed by atoms with Crippen molar-refractivity contribution < 1.29 is 18.5 Å². The Labute approximate surface area is 149 Å². The van der Waals surface area contributed by atoms with E-state index in [1.54, 1.807) is 37.4 Å². The van der Waals surface area contributed by atoms with Crippen molar-refractivity contribution >= 4 is 34.0 Å². The molecule has 6 nitrogen and oxygen atoms in total. The number of methoxy groups -OCH3 is 1. The molecule has 2 rings (SSSR count). The van der Waals surface area contributed by atoms with Gasteiger partial charge in [0.2, 0.25) is 11.8 Å². The molecular formula is C18H20N2O4S. The van der Waals surface area contributed by atoms with Gasteiger partial charge in [-0.1, -0.05) is 18.2 Å². The first-order chi connectivity index (χ1) is 12.0. The summed E-state index contributed by atoms with van der Waals surface area (Å²) in [4.78, 5) is 23.8. The van der Waals surface area contributed by atoms with Crippen molar-refractivity contribution in [2.45, 2.75) is 6.92 Å². The van der Waals surface area contributed by atoms with Gasteiger partial charge >= 0.3 is 0 Å². The zero-order valence-corrected chi connectivity index (χ0v) is 14.9. The van der Waals surface area contributed by atoms with Gasteiger partial charge in [-0.2, -0.15) is 0 Å². The van der Waals surface area contributed by atoms with Crippen LogP contribution in [0.25, 0.3) is 0 Å². The van der Waals surface area contributed by atoms with Gasteiger partial charge in [-0.25, -0.2) is 0 Å². The Balaban J connectivity index is 1.81. The van der Waals surface area contributed by atoms with E-state index in [1.165, 1.54) is 0 Å². The van der Waals surface area contributed by atoms with Crippen molar-refractivity contribution in [3.05, 3.63) is 54.1 Å². The van der Waals surface area contributed by atoms with Gasteiger partial charge in [-0.3, -0.25) is 13.8 Å². The van der Waals surface area contributed by atoms with E-state index < -0.39 is 16.7 Å². The van der Waals surface area contributed by atoms with Crippen LogP contribution in [-0.4, -0.2) is 34.6 Å². The largest absolute Gasteiger partial charge is 0.497 e. The van der Waals surface area contributed by atoms with Crippen LogP contribution in [0.2, 0.25) is 0 Å². The zero-order valence-electron chi connectivity index (χ0n) is 14.1. The normalized spacial score (nSPS) is 11.4. The van der Waals surface area contributed by atoms with Gasteiger partial charge in [-0.15, -0.1) is 0 Å². The molecule has 0 radical (unpaired) electrons. The van der Waals surface area contributed by atoms with Crippen molar-refractivity contribution in [2.24, 2.45) is 0 Å². The number of hydrogen-bond acceptors (Lipinski definition) is 4. The van der Waals surface area contributed by atoms with Gasteiger partial charge in [0.25, 0.3) is 0 Å². The van der Waals surface area contributed by atoms with Crippen LogP contribution in [0.3, 0.4) is 0 Å². The Morgan fingerprint density at radius 3 is 2.16 bits per heavy atom. The summed E-state index contributed by atoms with van der Waals surface area (Å²) in [5.41, 5.74) is 2.17. The van der Waals surface area contributed by atoms with Crippen molar-refractivity contribution in [1.29, 1.82) is 0 Å². The Kier molecular flexibility index (Phi) is 6.71. The van der Waals surface area contributed by atoms with Crippen LogP contribution >= 0.6 is 0 Å². The Bertz CT molecular complexity index is 775. The molecule has 2 aromatic rings. The van der Waals surface area contributed by atoms with Crippen molar-refractivity contribution in [2.75, 3.05) is 29.2 Å². The Morgan fingerprint density at radius 1 is 0.960 bits per heavy atom. The smallest absolute Gasteiger partial charge is 0.237 e. The number of carbonyl (C=O) groups excluding carboxylic acids is 2. The third-order valence-corrected chi connectivity index (χ3v) is 4.55. The predicted octanol–water partition coefficient (Wildman–Crippen LogP) is 2.33. The van der Waals surface area contributed by atoms with Gasteiger partial charge in [0, 0.05) is 22.2 Å². The molecule has 1 unspecified atom stereocenters. The average Bonchev–Trinajstić information content (AvgIpc) is 2.57. The van der Waals surface area contributed by atoms with Gasteiger partial charge < -0.3 is 15.4 Å². The second-order valence-corrected chi connectivity index (χ2v) is 6.83. The van der Waals surface area contributed by atoms with Crippen molar-refractivity contribution in [1.82, 2.24) is 0 Å². The lowest BCUT2D eigenvalue weighted by atomic mass is 10.2. The summed E-state index contributed by atoms with van der Waals surface area (Å²) in [6.07, 6.45) is 0. The molecule has 0 aliphatic rings. The number of carbonyl (C=O) groups is 2. The summed E-state index contributed by atoms with van der Waals surface area (Å²) in [7, 11) is -0.0346. The number of benzene rings is 2. The molecule has 7 heteroatoms. The highest BCUT2D eigenvalue weighted by Crippen LogP contribution is 2.15. The maximum atomic E-state index is 12.0. The first-order valence-corrected chi connectivity index (χ1v) is 9.11. The lowest BCUT2D eigenvalue weighted by molar-refractivity contribution is -0.114. The fourth-order valence-corrected chi connectivity index (χ4v) is 2.95. The molecule has 1 atom stereocenters. The maximum absolute atomic E-state index is 12.0. The van der Waals surface area contributed by atoms with Gasteiger partial charge in [0.1, 0.15) is 17.3 Å². The van der Waals surface area contributed by atoms with E-state index in [9.17, 15) is 13.8 Å². The third-order valence-electron chi connectivity index (χ3n) is 3.38. The van der Waals surface area contributed by atoms with Crippen LogP contribution in [0.1, 0.15) is 5.56 Å². The summed E-state index contributed by atoms with van der Waals surface area (Å²) >= 11 is 0. The van der Waals surface area contributed by atoms with Crippen LogP contribution in [0.4, 0.5) is 11.4 Å². The fraction of sp³-hybridized carbons (Fsp3) is 0.222. The lowest BCUT2D eigenvalue weighted by Gasteiger charge is -2.08. The molecule has 2 N–H and O–H groups in total. The molecule has 0 spiro atoms. The number of amides is 2. The van der Waals surface area contributed by atoms with E-state index in [1.807, 2.05) is 25.1 Å². The molecule has 132 valence electrons. The van der Waals surface area contributed by atoms with Crippen molar-refractivity contribution in [3.63, 3.8) is 0 Å². The van der Waals surface area contributed by atoms with E-state index >= 15 is 0 Å². The van der Waals surface area contributed by atoms with Gasteiger partial charge in [0.15, 0.2) is 0 Å². The minimum atomic E-state index is -1.59. The van der Waals surface area contributed by atoms with Crippen LogP contribution in [-0.2, 0) is 20.4 Å². The minimum Gasteiger partial charge on any atom is -0.497 e. The standard InChI is InChI=1S/C18H20N2O4S/c1-13-5-3-4-6-16(13)20-18(22)12-25(23)11-17(21)19-14-7-9-15(24-2)10-8-14/h3-10H,11-12H2,1-2H3,(H,19,21)(H,20,22). The molecule has 0 bridgehead atoms. The number of aryl methyl sites for hydroxylation is 1. The summed E-state index contributed by atoms with van der Waals surface area (Å²) in [6, 6.07) is 14.1. The zero-order chi connectivity index (χ0) is 18.2. The number of para-hydroxylation sites is 1. The van der Waals surface area contributed by atoms with E-state index in [0.29, 0.717) is 17.1 Å². The molecule has 0 heterocycles. The Hall–Kier alpha value is -2.67. The molecule has 0 aromatic heterocycles. The fourth-order valence-electron chi connectivity index (χ4n) is 2.11. The molecule has 2 amide bonds. The quantitative estimate of drug-likeness (QED) is 0.794. The number of hydrogen-bond donors (Lipinski definition) is 2. The summed E-state index contributed by atoms with van der Waals surface area (Å²) in [5, 5.41) is 5.34. The highest BCUT2D eigenvalue weighted by atomic mass is 32.2. The maximum Gasteiger partial charge on any atom is 0.237 e. The highest BCUT2D eigenvalue weighted by Gasteiger charge is 2.13. The second-order valence-electron chi connectivity index (χ2n) is 5.37. The van der Waals surface area contributed by atoms with E-state index in [2.05, 4.69) is 10.6 Å². The molecule has 2 aromatic carbocycles. The number of rotatable bonds is 7. The first-order valence-electron chi connectivity index (χ1n) is 7.62. The molecule has 0 aliphatic heterocycles. The van der Waals surface area contributed by atoms with E-state index in [-0.39, 0.29) is 17.4 Å². The average molecular weight is 360 g/mol. The highest BCUT2D eigenvalue weighted by molar-refractivity contribution is 7.86. The van der Waals surface area contributed by atoms with E-state index in [0.717, 1.165) is 5.56 Å². The molecule has 0 aliphatic carbocycles. The summed E-state index contributed by atoms with van der Waals surface area (Å²) < 4.78 is 17.0. The molecule has 0 saturated heterocycles. The van der Waals surface area contributed by atoms with Gasteiger partial charge in [0.05, 0.1) is 7.11 Å². The SMILES string of the molecule is COc1ccc(NC(=O)CS(=O)CC(=O)Nc2ccccc2C)cc1. The lowest BCUT2D eigenvalue weighted by Crippen LogP contribution is -2.26. The Morgan fingerprint density at radius 2 is 1.56 bits per heavy atom. The second kappa shape index (κ2) is 8.98. The third kappa shape index (κ3) is 6.04. The number of anilines is 2. The van der Waals surface area contributed by atoms with Crippen LogP contribution in [0.5, 0.6) is 5.75 Å². The van der Waals surface area contributed by atoms with Crippen LogP contribution < -0.4 is 15.4 Å². The first kappa shape index (κ1) is 18.7. The topological polar surface area (TPSA) is 84.5 Å². The molecular weight excluding hydrogens is 340 g/mol. The number of ether oxygens (including phenoxy) is 1. The van der Waals surface area contributed by atoms with Gasteiger partial charge in [-0.05, 0) is 42.8 Å². The van der Waals surface area contributed by atoms with Crippen LogP contribution in [0.15, 0.2) is 48.5 Å². The summed E-state index contributed by atoms with van der Waals surface area (Å²) in [5.74, 6) is -0.594. The monoisotopic (exact) mass is 360 g/mol. The van der Waals surface area contributed by atoms with Crippen LogP contribution in [0, 0.1) is 6.92 Å². The molecule has 0 fully saturated rings. The predicted molar refractivity (Wildman–Crippen MR) is 99.3 cm³/mol. The molecule has 25 heavy (non-hydrogen) atoms. The van der Waals surface area contributed by atoms with Crippen molar-refractivity contribution in [3.8, 4) is 5.75 Å². The minimum absolute atomic E-state index is 0.232. The number of nitrogens with one attached hydrogen (secondary N) is 2. The van der Waals surface area contributed by atoms with E-state index in [4.69, 9.17) is 4.74 Å².